The van der Waals surface area contributed by atoms with Crippen LogP contribution in [0.2, 0.25) is 0 Å². The summed E-state index contributed by atoms with van der Waals surface area (Å²) in [7, 11) is -15.1. The molecule has 4 rings (SSSR count). The van der Waals surface area contributed by atoms with Gasteiger partial charge in [0.1, 0.15) is 6.61 Å². The lowest BCUT2D eigenvalue weighted by Gasteiger charge is -2.34. The first-order valence-electron chi connectivity index (χ1n) is 19.7. The van der Waals surface area contributed by atoms with Gasteiger partial charge in [0.25, 0.3) is 40.5 Å². The summed E-state index contributed by atoms with van der Waals surface area (Å²) in [6.45, 7) is 2.82. The van der Waals surface area contributed by atoms with E-state index in [-0.39, 0.29) is 61.5 Å². The Morgan fingerprint density at radius 2 is 1.32 bits per heavy atom. The lowest BCUT2D eigenvalue weighted by atomic mass is 9.73. The predicted octanol–water partition coefficient (Wildman–Crippen LogP) is 4.95. The molecule has 0 saturated heterocycles. The molecular weight excluding hydrogens is 893 g/mol. The van der Waals surface area contributed by atoms with Crippen LogP contribution in [-0.4, -0.2) is 125 Å². The number of rotatable bonds is 25. The molecule has 2 aromatic rings. The van der Waals surface area contributed by atoms with Crippen molar-refractivity contribution >= 4 is 63.5 Å². The molecule has 2 aliphatic heterocycles. The van der Waals surface area contributed by atoms with Gasteiger partial charge in [0, 0.05) is 68.3 Å². The normalized spacial score (nSPS) is 20.2. The molecule has 18 nitrogen and oxygen atoms in total. The van der Waals surface area contributed by atoms with Gasteiger partial charge >= 0.3 is 5.97 Å². The van der Waals surface area contributed by atoms with Crippen molar-refractivity contribution in [1.29, 1.82) is 0 Å². The number of carboxylic acid groups (broad SMARTS) is 1. The minimum absolute atomic E-state index is 0.00456. The molecule has 0 spiro atoms. The van der Waals surface area contributed by atoms with Crippen LogP contribution in [-0.2, 0) is 65.6 Å². The zero-order chi connectivity index (χ0) is 46.1. The number of allylic oxidation sites excluding steroid dienone is 6. The Balaban J connectivity index is 1.88. The Kier molecular flexibility index (Phi) is 17.0. The van der Waals surface area contributed by atoms with Gasteiger partial charge in [0.2, 0.25) is 5.69 Å². The number of unbranched alkanes of at least 4 members (excludes halogenated alkanes) is 2. The fourth-order valence-corrected chi connectivity index (χ4v) is 10.4. The van der Waals surface area contributed by atoms with Crippen LogP contribution in [0.4, 0.5) is 11.4 Å². The first-order chi connectivity index (χ1) is 28.9. The molecule has 2 atom stereocenters. The highest BCUT2D eigenvalue weighted by Crippen LogP contribution is 2.53. The molecule has 0 fully saturated rings. The number of ether oxygens (including phenoxy) is 2. The molecule has 0 radical (unpaired) electrons. The van der Waals surface area contributed by atoms with E-state index in [1.54, 1.807) is 49.4 Å². The van der Waals surface area contributed by atoms with Gasteiger partial charge < -0.3 is 19.5 Å². The van der Waals surface area contributed by atoms with E-state index >= 15 is 0 Å². The molecular formula is C40H55N2O16S4+. The zero-order valence-electron chi connectivity index (χ0n) is 34.7. The van der Waals surface area contributed by atoms with Gasteiger partial charge in [-0.15, -0.1) is 0 Å². The number of anilines is 1. The number of methoxy groups -OCH3 is 2. The van der Waals surface area contributed by atoms with Gasteiger partial charge in [-0.2, -0.15) is 38.2 Å². The first-order valence-corrected chi connectivity index (χ1v) is 25.8. The van der Waals surface area contributed by atoms with Crippen molar-refractivity contribution in [2.75, 3.05) is 56.9 Å². The Morgan fingerprint density at radius 1 is 0.726 bits per heavy atom. The third kappa shape index (κ3) is 12.9. The maximum atomic E-state index is 12.4. The molecule has 0 saturated carbocycles. The second-order valence-corrected chi connectivity index (χ2v) is 21.4. The van der Waals surface area contributed by atoms with Gasteiger partial charge in [-0.1, -0.05) is 24.6 Å². The standard InChI is InChI=1S/C40H54N2O16S4/c1-39(19-10-26-59(45,46)47)32-28-30(61(51,52)53)15-17-34(32)42(23-25-58-3)36(39)12-6-4-7-13-37-40(21-24-57-2,20-11-27-60(48,49)50)33-29-31(62(54,55)56)16-18-35(33)41(37)22-9-5-8-14-38(43)44/h4,6-7,12-13,15-18,28-29H,5,8-11,14,19-27H2,1-3H3,(H4-,43,44,45,46,47,48,49,50,51,52,53,54,55,56)/p+1. The maximum Gasteiger partial charge on any atom is 0.303 e. The Labute approximate surface area is 363 Å². The first kappa shape index (κ1) is 50.8. The molecule has 344 valence electrons. The molecule has 0 amide bonds. The maximum absolute atomic E-state index is 12.4. The molecule has 2 unspecified atom stereocenters. The Morgan fingerprint density at radius 3 is 1.90 bits per heavy atom. The van der Waals surface area contributed by atoms with E-state index in [2.05, 4.69) is 0 Å². The van der Waals surface area contributed by atoms with E-state index in [0.717, 1.165) is 0 Å². The smallest absolute Gasteiger partial charge is 0.303 e. The summed E-state index contributed by atoms with van der Waals surface area (Å²) >= 11 is 0. The van der Waals surface area contributed by atoms with Crippen LogP contribution < -0.4 is 4.90 Å². The van der Waals surface area contributed by atoms with Crippen LogP contribution in [0.1, 0.15) is 75.8 Å². The van der Waals surface area contributed by atoms with E-state index in [1.165, 1.54) is 38.5 Å². The number of nitrogens with zero attached hydrogens (tertiary/aromatic N) is 2. The van der Waals surface area contributed by atoms with Crippen molar-refractivity contribution in [3.63, 3.8) is 0 Å². The summed E-state index contributed by atoms with van der Waals surface area (Å²) in [4.78, 5) is 12.4. The molecule has 2 aliphatic rings. The van der Waals surface area contributed by atoms with Crippen LogP contribution in [0.5, 0.6) is 0 Å². The molecule has 5 N–H and O–H groups in total. The second kappa shape index (κ2) is 20.8. The second-order valence-electron chi connectivity index (χ2n) is 15.4. The number of carboxylic acids is 1. The van der Waals surface area contributed by atoms with E-state index < -0.39 is 68.8 Å². The van der Waals surface area contributed by atoms with E-state index in [9.17, 15) is 61.8 Å². The summed E-state index contributed by atoms with van der Waals surface area (Å²) in [6.07, 6.45) is 10.5. The molecule has 0 aromatic heterocycles. The van der Waals surface area contributed by atoms with Crippen LogP contribution in [0.3, 0.4) is 0 Å². The number of hydrogen-bond donors (Lipinski definition) is 5. The highest BCUT2D eigenvalue weighted by Gasteiger charge is 2.49. The van der Waals surface area contributed by atoms with Gasteiger partial charge in [0.05, 0.1) is 26.7 Å². The van der Waals surface area contributed by atoms with E-state index in [0.29, 0.717) is 66.3 Å². The van der Waals surface area contributed by atoms with Crippen molar-refractivity contribution in [2.45, 2.75) is 85.3 Å². The van der Waals surface area contributed by atoms with E-state index in [4.69, 9.17) is 9.47 Å². The van der Waals surface area contributed by atoms with Gasteiger partial charge in [-0.05, 0) is 93.8 Å². The summed E-state index contributed by atoms with van der Waals surface area (Å²) < 4.78 is 148. The van der Waals surface area contributed by atoms with Crippen LogP contribution in [0.25, 0.3) is 0 Å². The minimum Gasteiger partial charge on any atom is -0.481 e. The van der Waals surface area contributed by atoms with Crippen molar-refractivity contribution in [1.82, 2.24) is 0 Å². The molecule has 0 aliphatic carbocycles. The van der Waals surface area contributed by atoms with Crippen LogP contribution in [0, 0.1) is 0 Å². The largest absolute Gasteiger partial charge is 0.481 e. The van der Waals surface area contributed by atoms with Gasteiger partial charge in [0.15, 0.2) is 12.3 Å². The molecule has 22 heteroatoms. The fourth-order valence-electron chi connectivity index (χ4n) is 8.36. The zero-order valence-corrected chi connectivity index (χ0v) is 38.0. The third-order valence-electron chi connectivity index (χ3n) is 11.2. The van der Waals surface area contributed by atoms with Crippen molar-refractivity contribution < 1.29 is 75.8 Å². The molecule has 2 aromatic carbocycles. The number of benzene rings is 2. The average Bonchev–Trinajstić information content (AvgIpc) is 3.54. The average molecular weight is 948 g/mol. The SMILES string of the molecule is COCC[N+]1=C(/C=C/C=C/C=C2/N(CCCCCC(=O)O)c3ccc(S(=O)(=O)O)cc3C2(CCCS(=O)(=O)O)CCOC)C(C)(CCCS(=O)(=O)O)c2cc(S(=O)(=O)O)ccc21. The van der Waals surface area contributed by atoms with Gasteiger partial charge in [-0.3, -0.25) is 23.0 Å². The molecule has 0 bridgehead atoms. The highest BCUT2D eigenvalue weighted by molar-refractivity contribution is 7.86. The quantitative estimate of drug-likeness (QED) is 0.0381. The summed E-state index contributed by atoms with van der Waals surface area (Å²) in [5, 5.41) is 9.18. The topological polar surface area (TPSA) is 279 Å². The predicted molar refractivity (Wildman–Crippen MR) is 231 cm³/mol. The summed E-state index contributed by atoms with van der Waals surface area (Å²) in [5.74, 6) is -2.09. The summed E-state index contributed by atoms with van der Waals surface area (Å²) in [5.41, 5.74) is 1.23. The van der Waals surface area contributed by atoms with Gasteiger partial charge in [-0.25, -0.2) is 0 Å². The van der Waals surface area contributed by atoms with Crippen LogP contribution in [0.15, 0.2) is 82.3 Å². The minimum atomic E-state index is -4.68. The van der Waals surface area contributed by atoms with Crippen molar-refractivity contribution in [3.05, 3.63) is 83.6 Å². The highest BCUT2D eigenvalue weighted by atomic mass is 32.2. The van der Waals surface area contributed by atoms with E-state index in [1.807, 2.05) is 9.48 Å². The molecule has 62 heavy (non-hydrogen) atoms. The van der Waals surface area contributed by atoms with Crippen molar-refractivity contribution in [3.8, 4) is 0 Å². The summed E-state index contributed by atoms with van der Waals surface area (Å²) in [6, 6.07) is 8.28. The van der Waals surface area contributed by atoms with Crippen molar-refractivity contribution in [2.24, 2.45) is 0 Å². The number of hydrogen-bond acceptors (Lipinski definition) is 12. The fraction of sp³-hybridized carbons (Fsp3) is 0.500. The lowest BCUT2D eigenvalue weighted by Crippen LogP contribution is -2.33. The monoisotopic (exact) mass is 947 g/mol. The Hall–Kier alpha value is -3.84. The third-order valence-corrected chi connectivity index (χ3v) is 14.5. The number of fused-ring (bicyclic) bond motifs is 2. The van der Waals surface area contributed by atoms with Crippen LogP contribution >= 0.6 is 0 Å². The lowest BCUT2D eigenvalue weighted by molar-refractivity contribution is -0.441. The number of aliphatic carboxylic acids is 1. The molecule has 2 heterocycles. The Bertz CT molecular complexity index is 2550. The number of carbonyl (C=O) groups is 1.